The Bertz CT molecular complexity index is 655. The van der Waals surface area contributed by atoms with Crippen molar-refractivity contribution in [2.45, 2.75) is 83.5 Å². The van der Waals surface area contributed by atoms with Crippen LogP contribution in [0.2, 0.25) is 0 Å². The summed E-state index contributed by atoms with van der Waals surface area (Å²) in [6.45, 7) is 2.33. The molecule has 2 heteroatoms. The lowest BCUT2D eigenvalue weighted by molar-refractivity contribution is 0.259. The van der Waals surface area contributed by atoms with E-state index in [2.05, 4.69) is 19.1 Å². The largest absolute Gasteiger partial charge is 0.206 e. The Hall–Kier alpha value is -1.62. The van der Waals surface area contributed by atoms with E-state index in [1.54, 1.807) is 12.1 Å². The lowest BCUT2D eigenvalue weighted by Crippen LogP contribution is -2.13. The molecule has 0 N–H and O–H groups in total. The fourth-order valence-corrected chi connectivity index (χ4v) is 5.07. The second kappa shape index (κ2) is 10.1. The second-order valence-corrected chi connectivity index (χ2v) is 8.76. The van der Waals surface area contributed by atoms with Crippen molar-refractivity contribution in [3.63, 3.8) is 0 Å². The molecular formula is C25H34FN. The van der Waals surface area contributed by atoms with Gasteiger partial charge in [0.25, 0.3) is 0 Å². The molecule has 0 aromatic heterocycles. The predicted molar refractivity (Wildman–Crippen MR) is 110 cm³/mol. The first-order chi connectivity index (χ1) is 13.2. The average Bonchev–Trinajstić information content (AvgIpc) is 2.72. The molecule has 2 aliphatic carbocycles. The van der Waals surface area contributed by atoms with Crippen LogP contribution in [0.15, 0.2) is 30.4 Å². The molecule has 1 nitrogen and oxygen atoms in total. The van der Waals surface area contributed by atoms with Gasteiger partial charge in [-0.2, -0.15) is 5.26 Å². The van der Waals surface area contributed by atoms with E-state index in [4.69, 9.17) is 5.26 Å². The van der Waals surface area contributed by atoms with Gasteiger partial charge in [0.2, 0.25) is 0 Å². The lowest BCUT2D eigenvalue weighted by atomic mass is 9.78. The van der Waals surface area contributed by atoms with Crippen LogP contribution >= 0.6 is 0 Å². The highest BCUT2D eigenvalue weighted by atomic mass is 19.1. The number of hydrogen-bond donors (Lipinski definition) is 0. The minimum absolute atomic E-state index is 0.151. The van der Waals surface area contributed by atoms with Gasteiger partial charge in [0.1, 0.15) is 11.9 Å². The molecule has 3 rings (SSSR count). The van der Waals surface area contributed by atoms with E-state index in [1.165, 1.54) is 57.8 Å². The summed E-state index contributed by atoms with van der Waals surface area (Å²) in [5.74, 6) is 2.73. The van der Waals surface area contributed by atoms with Crippen LogP contribution in [0.3, 0.4) is 0 Å². The van der Waals surface area contributed by atoms with E-state index in [9.17, 15) is 4.39 Å². The van der Waals surface area contributed by atoms with E-state index in [0.29, 0.717) is 11.8 Å². The third-order valence-electron chi connectivity index (χ3n) is 7.05. The van der Waals surface area contributed by atoms with Crippen LogP contribution in [0, 0.1) is 34.9 Å². The number of benzene rings is 1. The van der Waals surface area contributed by atoms with Gasteiger partial charge in [0, 0.05) is 0 Å². The molecule has 0 radical (unpaired) electrons. The maximum absolute atomic E-state index is 13.8. The van der Waals surface area contributed by atoms with Crippen molar-refractivity contribution in [2.75, 3.05) is 0 Å². The number of nitrogens with zero attached hydrogens (tertiary/aromatic N) is 1. The quantitative estimate of drug-likeness (QED) is 0.477. The molecule has 0 bridgehead atoms. The summed E-state index contributed by atoms with van der Waals surface area (Å²) in [6.07, 6.45) is 19.3. The number of halogens is 1. The second-order valence-electron chi connectivity index (χ2n) is 8.76. The molecule has 0 heterocycles. The molecule has 0 unspecified atom stereocenters. The standard InChI is InChI=1S/C25H34FN/c1-2-19-7-9-20(10-8-19)5-3-4-6-21-11-13-22(14-12-21)23-15-16-24(18-27)25(26)17-23/h4,6,15-17,19-22H,2-3,5,7-14H2,1H3/b6-4+. The molecule has 1 aromatic rings. The highest BCUT2D eigenvalue weighted by molar-refractivity contribution is 5.35. The Balaban J connectivity index is 1.37. The highest BCUT2D eigenvalue weighted by Crippen LogP contribution is 2.37. The number of hydrogen-bond acceptors (Lipinski definition) is 1. The molecule has 0 amide bonds. The van der Waals surface area contributed by atoms with Crippen molar-refractivity contribution >= 4 is 0 Å². The summed E-state index contributed by atoms with van der Waals surface area (Å²) in [6, 6.07) is 7.05. The zero-order valence-corrected chi connectivity index (χ0v) is 16.8. The maximum Gasteiger partial charge on any atom is 0.141 e. The first-order valence-electron chi connectivity index (χ1n) is 11.1. The van der Waals surface area contributed by atoms with E-state index in [0.717, 1.165) is 30.2 Å². The Labute approximate surface area is 164 Å². The van der Waals surface area contributed by atoms with Crippen LogP contribution in [0.5, 0.6) is 0 Å². The molecule has 27 heavy (non-hydrogen) atoms. The van der Waals surface area contributed by atoms with Crippen LogP contribution < -0.4 is 0 Å². The van der Waals surface area contributed by atoms with Crippen molar-refractivity contribution in [3.05, 3.63) is 47.3 Å². The van der Waals surface area contributed by atoms with Gasteiger partial charge in [-0.3, -0.25) is 0 Å². The van der Waals surface area contributed by atoms with Crippen LogP contribution in [-0.2, 0) is 0 Å². The number of allylic oxidation sites excluding steroid dienone is 2. The molecule has 0 atom stereocenters. The van der Waals surface area contributed by atoms with E-state index >= 15 is 0 Å². The van der Waals surface area contributed by atoms with Crippen molar-refractivity contribution in [2.24, 2.45) is 17.8 Å². The third-order valence-corrected chi connectivity index (χ3v) is 7.05. The third kappa shape index (κ3) is 5.68. The average molecular weight is 368 g/mol. The van der Waals surface area contributed by atoms with E-state index < -0.39 is 0 Å². The molecule has 0 saturated heterocycles. The van der Waals surface area contributed by atoms with Crippen LogP contribution in [0.1, 0.15) is 94.6 Å². The van der Waals surface area contributed by atoms with Crippen LogP contribution in [0.25, 0.3) is 0 Å². The van der Waals surface area contributed by atoms with Crippen molar-refractivity contribution in [3.8, 4) is 6.07 Å². The Kier molecular flexibility index (Phi) is 7.50. The summed E-state index contributed by atoms with van der Waals surface area (Å²) in [4.78, 5) is 0. The Morgan fingerprint density at radius 3 is 2.37 bits per heavy atom. The summed E-state index contributed by atoms with van der Waals surface area (Å²) >= 11 is 0. The van der Waals surface area contributed by atoms with Crippen LogP contribution in [-0.4, -0.2) is 0 Å². The number of nitriles is 1. The first-order valence-corrected chi connectivity index (χ1v) is 11.1. The van der Waals surface area contributed by atoms with Gasteiger partial charge >= 0.3 is 0 Å². The van der Waals surface area contributed by atoms with Crippen molar-refractivity contribution < 1.29 is 4.39 Å². The predicted octanol–water partition coefficient (Wildman–Crippen LogP) is 7.52. The van der Waals surface area contributed by atoms with E-state index in [1.807, 2.05) is 12.1 Å². The normalized spacial score (nSPS) is 28.9. The SMILES string of the molecule is CCC1CCC(CC/C=C/C2CCC(c3ccc(C#N)c(F)c3)CC2)CC1. The number of rotatable bonds is 6. The van der Waals surface area contributed by atoms with Crippen LogP contribution in [0.4, 0.5) is 4.39 Å². The summed E-state index contributed by atoms with van der Waals surface area (Å²) in [7, 11) is 0. The Morgan fingerprint density at radius 1 is 1.04 bits per heavy atom. The van der Waals surface area contributed by atoms with Gasteiger partial charge < -0.3 is 0 Å². The highest BCUT2D eigenvalue weighted by Gasteiger charge is 2.22. The maximum atomic E-state index is 13.8. The van der Waals surface area contributed by atoms with E-state index in [-0.39, 0.29) is 11.4 Å². The van der Waals surface area contributed by atoms with Gasteiger partial charge in [-0.05, 0) is 79.9 Å². The van der Waals surface area contributed by atoms with Gasteiger partial charge in [-0.25, -0.2) is 4.39 Å². The minimum Gasteiger partial charge on any atom is -0.206 e. The summed E-state index contributed by atoms with van der Waals surface area (Å²) in [5.41, 5.74) is 1.22. The Morgan fingerprint density at radius 2 is 1.74 bits per heavy atom. The van der Waals surface area contributed by atoms with Gasteiger partial charge in [0.05, 0.1) is 5.56 Å². The van der Waals surface area contributed by atoms with Gasteiger partial charge in [-0.15, -0.1) is 0 Å². The molecule has 2 aliphatic rings. The fraction of sp³-hybridized carbons (Fsp3) is 0.640. The monoisotopic (exact) mass is 367 g/mol. The van der Waals surface area contributed by atoms with Gasteiger partial charge in [-0.1, -0.05) is 57.2 Å². The van der Waals surface area contributed by atoms with Crippen molar-refractivity contribution in [1.29, 1.82) is 5.26 Å². The van der Waals surface area contributed by atoms with Gasteiger partial charge in [0.15, 0.2) is 0 Å². The molecule has 2 saturated carbocycles. The molecule has 2 fully saturated rings. The zero-order chi connectivity index (χ0) is 19.1. The molecule has 0 spiro atoms. The summed E-state index contributed by atoms with van der Waals surface area (Å²) < 4.78 is 13.8. The summed E-state index contributed by atoms with van der Waals surface area (Å²) in [5, 5.41) is 8.87. The minimum atomic E-state index is -0.370. The molecule has 146 valence electrons. The topological polar surface area (TPSA) is 23.8 Å². The fourth-order valence-electron chi connectivity index (χ4n) is 5.07. The smallest absolute Gasteiger partial charge is 0.141 e. The van der Waals surface area contributed by atoms with Crippen molar-refractivity contribution in [1.82, 2.24) is 0 Å². The first kappa shape index (κ1) is 20.1. The lowest BCUT2D eigenvalue weighted by Gasteiger charge is -2.28. The molecular weight excluding hydrogens is 333 g/mol. The zero-order valence-electron chi connectivity index (χ0n) is 16.8. The molecule has 0 aliphatic heterocycles. The molecule has 1 aromatic carbocycles.